The Balaban J connectivity index is 1.75. The summed E-state index contributed by atoms with van der Waals surface area (Å²) in [4.78, 5) is 12.0. The molecule has 6 nitrogen and oxygen atoms in total. The van der Waals surface area contributed by atoms with Gasteiger partial charge in [-0.3, -0.25) is 0 Å². The SMILES string of the molecule is Cc1cccc(C(=O)Oc2ccc(-n3cnnn3)cc2)c1. The molecule has 0 aliphatic carbocycles. The van der Waals surface area contributed by atoms with E-state index in [1.807, 2.05) is 19.1 Å². The highest BCUT2D eigenvalue weighted by Gasteiger charge is 2.08. The number of hydrogen-bond donors (Lipinski definition) is 0. The van der Waals surface area contributed by atoms with Gasteiger partial charge >= 0.3 is 5.97 Å². The topological polar surface area (TPSA) is 69.9 Å². The summed E-state index contributed by atoms with van der Waals surface area (Å²) in [6.07, 6.45) is 1.49. The van der Waals surface area contributed by atoms with Gasteiger partial charge in [0.15, 0.2) is 0 Å². The van der Waals surface area contributed by atoms with Gasteiger partial charge in [0.1, 0.15) is 12.1 Å². The lowest BCUT2D eigenvalue weighted by Crippen LogP contribution is -2.08. The average Bonchev–Trinajstić information content (AvgIpc) is 3.02. The number of benzene rings is 2. The first kappa shape index (κ1) is 13.0. The van der Waals surface area contributed by atoms with Gasteiger partial charge in [0.2, 0.25) is 0 Å². The molecule has 0 atom stereocenters. The van der Waals surface area contributed by atoms with Gasteiger partial charge in [0.25, 0.3) is 0 Å². The van der Waals surface area contributed by atoms with Crippen LogP contribution < -0.4 is 4.74 Å². The first-order valence-electron chi connectivity index (χ1n) is 6.35. The van der Waals surface area contributed by atoms with E-state index in [9.17, 15) is 4.79 Å². The minimum Gasteiger partial charge on any atom is -0.423 e. The van der Waals surface area contributed by atoms with Crippen LogP contribution in [0.25, 0.3) is 5.69 Å². The van der Waals surface area contributed by atoms with Gasteiger partial charge in [-0.05, 0) is 53.7 Å². The quantitative estimate of drug-likeness (QED) is 0.543. The van der Waals surface area contributed by atoms with Crippen molar-refractivity contribution < 1.29 is 9.53 Å². The third-order valence-electron chi connectivity index (χ3n) is 2.91. The molecule has 0 N–H and O–H groups in total. The van der Waals surface area contributed by atoms with Crippen LogP contribution in [0.3, 0.4) is 0 Å². The van der Waals surface area contributed by atoms with Crippen LogP contribution in [0, 0.1) is 6.92 Å². The maximum atomic E-state index is 12.0. The molecule has 6 heteroatoms. The minimum absolute atomic E-state index is 0.381. The van der Waals surface area contributed by atoms with Crippen molar-refractivity contribution in [1.82, 2.24) is 20.2 Å². The lowest BCUT2D eigenvalue weighted by molar-refractivity contribution is 0.0734. The van der Waals surface area contributed by atoms with Gasteiger partial charge in [-0.15, -0.1) is 5.10 Å². The van der Waals surface area contributed by atoms with Crippen LogP contribution in [0.1, 0.15) is 15.9 Å². The third kappa shape index (κ3) is 2.94. The highest BCUT2D eigenvalue weighted by Crippen LogP contribution is 2.16. The molecule has 0 bridgehead atoms. The van der Waals surface area contributed by atoms with Crippen molar-refractivity contribution in [2.24, 2.45) is 0 Å². The summed E-state index contributed by atoms with van der Waals surface area (Å²) in [5.74, 6) is 0.0900. The Bertz CT molecular complexity index is 752. The Kier molecular flexibility index (Phi) is 3.42. The Morgan fingerprint density at radius 1 is 1.14 bits per heavy atom. The smallest absolute Gasteiger partial charge is 0.343 e. The molecule has 21 heavy (non-hydrogen) atoms. The first-order valence-corrected chi connectivity index (χ1v) is 6.35. The fraction of sp³-hybridized carbons (Fsp3) is 0.0667. The Hall–Kier alpha value is -3.02. The van der Waals surface area contributed by atoms with E-state index in [1.165, 1.54) is 11.0 Å². The molecule has 0 saturated carbocycles. The van der Waals surface area contributed by atoms with Gasteiger partial charge in [-0.25, -0.2) is 9.48 Å². The maximum absolute atomic E-state index is 12.0. The van der Waals surface area contributed by atoms with E-state index in [0.29, 0.717) is 11.3 Å². The second kappa shape index (κ2) is 5.54. The molecule has 3 aromatic rings. The molecule has 0 unspecified atom stereocenters. The first-order chi connectivity index (χ1) is 10.2. The van der Waals surface area contributed by atoms with Gasteiger partial charge in [0.05, 0.1) is 11.3 Å². The van der Waals surface area contributed by atoms with Crippen LogP contribution >= 0.6 is 0 Å². The standard InChI is InChI=1S/C15H12N4O2/c1-11-3-2-4-12(9-11)15(20)21-14-7-5-13(6-8-14)19-10-16-17-18-19/h2-10H,1H3. The molecule has 2 aromatic carbocycles. The number of esters is 1. The largest absolute Gasteiger partial charge is 0.423 e. The highest BCUT2D eigenvalue weighted by molar-refractivity contribution is 5.91. The molecule has 0 spiro atoms. The van der Waals surface area contributed by atoms with Crippen LogP contribution in [-0.2, 0) is 0 Å². The van der Waals surface area contributed by atoms with Gasteiger partial charge in [-0.2, -0.15) is 0 Å². The molecule has 0 aliphatic rings. The highest BCUT2D eigenvalue weighted by atomic mass is 16.5. The second-order valence-corrected chi connectivity index (χ2v) is 4.51. The van der Waals surface area contributed by atoms with E-state index in [4.69, 9.17) is 4.74 Å². The molecule has 3 rings (SSSR count). The van der Waals surface area contributed by atoms with Gasteiger partial charge in [-0.1, -0.05) is 17.7 Å². The maximum Gasteiger partial charge on any atom is 0.343 e. The molecule has 0 saturated heterocycles. The Morgan fingerprint density at radius 2 is 1.95 bits per heavy atom. The molecule has 1 heterocycles. The van der Waals surface area contributed by atoms with Crippen molar-refractivity contribution in [2.45, 2.75) is 6.92 Å². The fourth-order valence-electron chi connectivity index (χ4n) is 1.88. The monoisotopic (exact) mass is 280 g/mol. The third-order valence-corrected chi connectivity index (χ3v) is 2.91. The van der Waals surface area contributed by atoms with Gasteiger partial charge < -0.3 is 4.74 Å². The zero-order valence-corrected chi connectivity index (χ0v) is 11.3. The summed E-state index contributed by atoms with van der Waals surface area (Å²) < 4.78 is 6.85. The van der Waals surface area contributed by atoms with Crippen molar-refractivity contribution in [3.05, 3.63) is 66.0 Å². The zero-order valence-electron chi connectivity index (χ0n) is 11.3. The van der Waals surface area contributed by atoms with E-state index < -0.39 is 0 Å². The number of nitrogens with zero attached hydrogens (tertiary/aromatic N) is 4. The lowest BCUT2D eigenvalue weighted by atomic mass is 10.1. The predicted octanol–water partition coefficient (Wildman–Crippen LogP) is 2.19. The van der Waals surface area contributed by atoms with Crippen molar-refractivity contribution in [3.63, 3.8) is 0 Å². The molecule has 104 valence electrons. The number of ether oxygens (including phenoxy) is 1. The summed E-state index contributed by atoms with van der Waals surface area (Å²) in [7, 11) is 0. The van der Waals surface area contributed by atoms with Crippen LogP contribution in [0.15, 0.2) is 54.9 Å². The van der Waals surface area contributed by atoms with Crippen LogP contribution in [0.5, 0.6) is 5.75 Å². The molecule has 1 aromatic heterocycles. The van der Waals surface area contributed by atoms with E-state index >= 15 is 0 Å². The second-order valence-electron chi connectivity index (χ2n) is 4.51. The van der Waals surface area contributed by atoms with Crippen LogP contribution in [0.2, 0.25) is 0 Å². The number of tetrazole rings is 1. The van der Waals surface area contributed by atoms with E-state index in [2.05, 4.69) is 15.5 Å². The Morgan fingerprint density at radius 3 is 2.62 bits per heavy atom. The van der Waals surface area contributed by atoms with E-state index in [0.717, 1.165) is 11.3 Å². The number of aryl methyl sites for hydroxylation is 1. The lowest BCUT2D eigenvalue weighted by Gasteiger charge is -2.06. The summed E-state index contributed by atoms with van der Waals surface area (Å²) in [6, 6.07) is 14.2. The number of carbonyl (C=O) groups is 1. The van der Waals surface area contributed by atoms with Crippen molar-refractivity contribution in [1.29, 1.82) is 0 Å². The van der Waals surface area contributed by atoms with E-state index in [-0.39, 0.29) is 5.97 Å². The average molecular weight is 280 g/mol. The number of rotatable bonds is 3. The molecule has 0 fully saturated rings. The van der Waals surface area contributed by atoms with Crippen LogP contribution in [0.4, 0.5) is 0 Å². The molecule has 0 aliphatic heterocycles. The normalized spacial score (nSPS) is 10.3. The summed E-state index contributed by atoms with van der Waals surface area (Å²) in [5.41, 5.74) is 2.33. The fourth-order valence-corrected chi connectivity index (χ4v) is 1.88. The van der Waals surface area contributed by atoms with E-state index in [1.54, 1.807) is 36.4 Å². The number of carbonyl (C=O) groups excluding carboxylic acids is 1. The minimum atomic E-state index is -0.381. The van der Waals surface area contributed by atoms with Crippen LogP contribution in [-0.4, -0.2) is 26.2 Å². The van der Waals surface area contributed by atoms with Crippen molar-refractivity contribution in [3.8, 4) is 11.4 Å². The molecular weight excluding hydrogens is 268 g/mol. The summed E-state index contributed by atoms with van der Waals surface area (Å²) in [6.45, 7) is 1.93. The zero-order chi connectivity index (χ0) is 14.7. The number of aromatic nitrogens is 4. The van der Waals surface area contributed by atoms with Crippen molar-refractivity contribution in [2.75, 3.05) is 0 Å². The molecular formula is C15H12N4O2. The Labute approximate surface area is 121 Å². The molecule has 0 amide bonds. The predicted molar refractivity (Wildman–Crippen MR) is 75.3 cm³/mol. The van der Waals surface area contributed by atoms with Gasteiger partial charge in [0, 0.05) is 0 Å². The number of hydrogen-bond acceptors (Lipinski definition) is 5. The summed E-state index contributed by atoms with van der Waals surface area (Å²) in [5, 5.41) is 10.9. The van der Waals surface area contributed by atoms with Crippen molar-refractivity contribution >= 4 is 5.97 Å². The summed E-state index contributed by atoms with van der Waals surface area (Å²) >= 11 is 0. The molecule has 0 radical (unpaired) electrons.